The zero-order chi connectivity index (χ0) is 15.6. The second kappa shape index (κ2) is 6.49. The molecule has 0 saturated carbocycles. The van der Waals surface area contributed by atoms with Crippen molar-refractivity contribution >= 4 is 49.1 Å². The van der Waals surface area contributed by atoms with Crippen LogP contribution in [-0.2, 0) is 0 Å². The fourth-order valence-electron chi connectivity index (χ4n) is 1.96. The molecule has 0 fully saturated rings. The number of carbonyl (C=O) groups is 1. The highest BCUT2D eigenvalue weighted by atomic mass is 79.9. The van der Waals surface area contributed by atoms with Gasteiger partial charge >= 0.3 is 0 Å². The first-order chi connectivity index (χ1) is 9.90. The molecule has 0 radical (unpaired) electrons. The highest BCUT2D eigenvalue weighted by molar-refractivity contribution is 9.10. The molecule has 0 bridgehead atoms. The Bertz CT molecular complexity index is 682. The Hall–Kier alpha value is -1.53. The molecule has 6 heteroatoms. The summed E-state index contributed by atoms with van der Waals surface area (Å²) in [7, 11) is 1.56. The average molecular weight is 414 g/mol. The van der Waals surface area contributed by atoms with Gasteiger partial charge in [0, 0.05) is 20.2 Å². The smallest absolute Gasteiger partial charge is 0.255 e. The second-order valence-corrected chi connectivity index (χ2v) is 6.36. The largest absolute Gasteiger partial charge is 0.495 e. The van der Waals surface area contributed by atoms with Gasteiger partial charge in [-0.2, -0.15) is 0 Å². The molecule has 2 aromatic carbocycles. The second-order valence-electron chi connectivity index (χ2n) is 4.53. The molecular weight excluding hydrogens is 400 g/mol. The normalized spacial score (nSPS) is 10.3. The third kappa shape index (κ3) is 3.77. The summed E-state index contributed by atoms with van der Waals surface area (Å²) in [5.41, 5.74) is 8.30. The SMILES string of the molecule is COc1cc(Br)cc(C)c1NC(=O)c1cc(N)cc(Br)c1. The number of ether oxygens (including phenoxy) is 1. The van der Waals surface area contributed by atoms with Crippen molar-refractivity contribution in [1.82, 2.24) is 0 Å². The molecule has 0 aromatic heterocycles. The van der Waals surface area contributed by atoms with Gasteiger partial charge in [0.05, 0.1) is 12.8 Å². The zero-order valence-corrected chi connectivity index (χ0v) is 14.7. The number of methoxy groups -OCH3 is 1. The van der Waals surface area contributed by atoms with Crippen LogP contribution in [0, 0.1) is 6.92 Å². The molecule has 2 rings (SSSR count). The van der Waals surface area contributed by atoms with Gasteiger partial charge in [-0.1, -0.05) is 31.9 Å². The van der Waals surface area contributed by atoms with Gasteiger partial charge in [-0.05, 0) is 42.8 Å². The van der Waals surface area contributed by atoms with Gasteiger partial charge < -0.3 is 15.8 Å². The number of nitrogens with two attached hydrogens (primary N) is 1. The van der Waals surface area contributed by atoms with E-state index in [2.05, 4.69) is 37.2 Å². The Morgan fingerprint density at radius 2 is 1.81 bits per heavy atom. The van der Waals surface area contributed by atoms with Crippen molar-refractivity contribution in [3.05, 3.63) is 50.4 Å². The minimum absolute atomic E-state index is 0.244. The maximum atomic E-state index is 12.4. The number of hydrogen-bond donors (Lipinski definition) is 2. The van der Waals surface area contributed by atoms with Crippen LogP contribution in [0.3, 0.4) is 0 Å². The van der Waals surface area contributed by atoms with Crippen molar-refractivity contribution in [2.75, 3.05) is 18.2 Å². The summed E-state index contributed by atoms with van der Waals surface area (Å²) >= 11 is 6.73. The van der Waals surface area contributed by atoms with Crippen molar-refractivity contribution < 1.29 is 9.53 Å². The Morgan fingerprint density at radius 3 is 2.43 bits per heavy atom. The first-order valence-corrected chi connectivity index (χ1v) is 7.71. The number of nitrogens with one attached hydrogen (secondary N) is 1. The van der Waals surface area contributed by atoms with E-state index in [4.69, 9.17) is 10.5 Å². The number of halogens is 2. The lowest BCUT2D eigenvalue weighted by molar-refractivity contribution is 0.102. The summed E-state index contributed by atoms with van der Waals surface area (Å²) < 4.78 is 6.96. The maximum Gasteiger partial charge on any atom is 0.255 e. The van der Waals surface area contributed by atoms with Crippen LogP contribution in [0.15, 0.2) is 39.3 Å². The summed E-state index contributed by atoms with van der Waals surface area (Å²) in [5, 5.41) is 2.87. The van der Waals surface area contributed by atoms with Crippen LogP contribution in [0.2, 0.25) is 0 Å². The topological polar surface area (TPSA) is 64.3 Å². The van der Waals surface area contributed by atoms with E-state index in [-0.39, 0.29) is 5.91 Å². The van der Waals surface area contributed by atoms with E-state index in [1.54, 1.807) is 31.4 Å². The number of carbonyl (C=O) groups excluding carboxylic acids is 1. The average Bonchev–Trinajstić information content (AvgIpc) is 2.40. The van der Waals surface area contributed by atoms with E-state index < -0.39 is 0 Å². The molecule has 0 heterocycles. The van der Waals surface area contributed by atoms with Gasteiger partial charge in [-0.3, -0.25) is 4.79 Å². The van der Waals surface area contributed by atoms with Crippen LogP contribution >= 0.6 is 31.9 Å². The third-order valence-corrected chi connectivity index (χ3v) is 3.82. The molecule has 0 unspecified atom stereocenters. The Balaban J connectivity index is 2.35. The molecule has 0 atom stereocenters. The van der Waals surface area contributed by atoms with Gasteiger partial charge in [-0.15, -0.1) is 0 Å². The lowest BCUT2D eigenvalue weighted by Crippen LogP contribution is -2.14. The minimum Gasteiger partial charge on any atom is -0.495 e. The zero-order valence-electron chi connectivity index (χ0n) is 11.5. The van der Waals surface area contributed by atoms with Crippen molar-refractivity contribution in [3.63, 3.8) is 0 Å². The Morgan fingerprint density at radius 1 is 1.14 bits per heavy atom. The van der Waals surface area contributed by atoms with Gasteiger partial charge in [0.1, 0.15) is 5.75 Å². The van der Waals surface area contributed by atoms with Crippen LogP contribution in [0.25, 0.3) is 0 Å². The number of aryl methyl sites for hydroxylation is 1. The summed E-state index contributed by atoms with van der Waals surface area (Å²) in [4.78, 5) is 12.4. The summed E-state index contributed by atoms with van der Waals surface area (Å²) in [6.45, 7) is 1.90. The molecular formula is C15H14Br2N2O2. The van der Waals surface area contributed by atoms with Crippen molar-refractivity contribution in [2.24, 2.45) is 0 Å². The maximum absolute atomic E-state index is 12.4. The van der Waals surface area contributed by atoms with Crippen molar-refractivity contribution in [1.29, 1.82) is 0 Å². The number of benzene rings is 2. The highest BCUT2D eigenvalue weighted by Crippen LogP contribution is 2.32. The van der Waals surface area contributed by atoms with Gasteiger partial charge in [0.2, 0.25) is 0 Å². The molecule has 3 N–H and O–H groups in total. The van der Waals surface area contributed by atoms with Gasteiger partial charge in [0.25, 0.3) is 5.91 Å². The molecule has 0 aliphatic carbocycles. The highest BCUT2D eigenvalue weighted by Gasteiger charge is 2.14. The molecule has 0 spiro atoms. The van der Waals surface area contributed by atoms with Crippen LogP contribution in [0.4, 0.5) is 11.4 Å². The molecule has 1 amide bonds. The van der Waals surface area contributed by atoms with E-state index >= 15 is 0 Å². The number of amides is 1. The first-order valence-electron chi connectivity index (χ1n) is 6.12. The van der Waals surface area contributed by atoms with Crippen molar-refractivity contribution in [2.45, 2.75) is 6.92 Å². The Kier molecular flexibility index (Phi) is 4.90. The van der Waals surface area contributed by atoms with Gasteiger partial charge in [-0.25, -0.2) is 0 Å². The van der Waals surface area contributed by atoms with Crippen LogP contribution < -0.4 is 15.8 Å². The van der Waals surface area contributed by atoms with Crippen LogP contribution in [-0.4, -0.2) is 13.0 Å². The van der Waals surface area contributed by atoms with Crippen LogP contribution in [0.1, 0.15) is 15.9 Å². The quantitative estimate of drug-likeness (QED) is 0.734. The van der Waals surface area contributed by atoms with Gasteiger partial charge in [0.15, 0.2) is 0 Å². The number of nitrogen functional groups attached to an aromatic ring is 1. The molecule has 0 aliphatic rings. The van der Waals surface area contributed by atoms with E-state index in [9.17, 15) is 4.79 Å². The van der Waals surface area contributed by atoms with Crippen LogP contribution in [0.5, 0.6) is 5.75 Å². The van der Waals surface area contributed by atoms with E-state index in [0.29, 0.717) is 22.7 Å². The molecule has 4 nitrogen and oxygen atoms in total. The van der Waals surface area contributed by atoms with Crippen molar-refractivity contribution in [3.8, 4) is 5.75 Å². The fourth-order valence-corrected chi connectivity index (χ4v) is 3.02. The standard InChI is InChI=1S/C15H14Br2N2O2/c1-8-3-10(16)7-13(21-2)14(8)19-15(20)9-4-11(17)6-12(18)5-9/h3-7H,18H2,1-2H3,(H,19,20). The predicted molar refractivity (Wildman–Crippen MR) is 91.9 cm³/mol. The molecule has 0 saturated heterocycles. The number of rotatable bonds is 3. The molecule has 2 aromatic rings. The predicted octanol–water partition coefficient (Wildman–Crippen LogP) is 4.36. The molecule has 0 aliphatic heterocycles. The summed E-state index contributed by atoms with van der Waals surface area (Å²) in [5.74, 6) is 0.352. The third-order valence-electron chi connectivity index (χ3n) is 2.90. The lowest BCUT2D eigenvalue weighted by atomic mass is 10.1. The summed E-state index contributed by atoms with van der Waals surface area (Å²) in [6.07, 6.45) is 0. The minimum atomic E-state index is -0.244. The molecule has 21 heavy (non-hydrogen) atoms. The first kappa shape index (κ1) is 15.9. The number of hydrogen-bond acceptors (Lipinski definition) is 3. The van der Waals surface area contributed by atoms with E-state index in [1.807, 2.05) is 13.0 Å². The Labute approximate surface area is 139 Å². The summed E-state index contributed by atoms with van der Waals surface area (Å²) in [6, 6.07) is 8.79. The van der Waals surface area contributed by atoms with E-state index in [1.165, 1.54) is 0 Å². The fraction of sp³-hybridized carbons (Fsp3) is 0.133. The number of anilines is 2. The van der Waals surface area contributed by atoms with E-state index in [0.717, 1.165) is 14.5 Å². The monoisotopic (exact) mass is 412 g/mol. The lowest BCUT2D eigenvalue weighted by Gasteiger charge is -2.14. The molecule has 110 valence electrons.